The van der Waals surface area contributed by atoms with E-state index < -0.39 is 12.2 Å². The van der Waals surface area contributed by atoms with Gasteiger partial charge in [0.2, 0.25) is 0 Å². The molecular weight excluding hydrogens is 436 g/mol. The summed E-state index contributed by atoms with van der Waals surface area (Å²) in [6.07, 6.45) is 3.60. The Morgan fingerprint density at radius 1 is 1.06 bits per heavy atom. The minimum absolute atomic E-state index is 0.0373. The van der Waals surface area contributed by atoms with E-state index in [0.29, 0.717) is 23.7 Å². The lowest BCUT2D eigenvalue weighted by atomic mass is 10.1. The summed E-state index contributed by atoms with van der Waals surface area (Å²) >= 11 is 0. The molecular formula is C25H30N4O5. The van der Waals surface area contributed by atoms with Crippen LogP contribution >= 0.6 is 0 Å². The van der Waals surface area contributed by atoms with Crippen molar-refractivity contribution in [3.8, 4) is 11.3 Å². The number of pyridine rings is 1. The van der Waals surface area contributed by atoms with Gasteiger partial charge in [-0.25, -0.2) is 14.6 Å². The van der Waals surface area contributed by atoms with Crippen LogP contribution in [-0.4, -0.2) is 35.4 Å². The van der Waals surface area contributed by atoms with Crippen LogP contribution in [0.5, 0.6) is 0 Å². The van der Waals surface area contributed by atoms with Crippen LogP contribution in [0.3, 0.4) is 0 Å². The molecule has 9 heteroatoms. The van der Waals surface area contributed by atoms with Gasteiger partial charge in [0.05, 0.1) is 25.1 Å². The molecule has 3 aromatic rings. The maximum atomic E-state index is 13.1. The molecule has 3 rings (SSSR count). The average Bonchev–Trinajstić information content (AvgIpc) is 3.29. The Kier molecular flexibility index (Phi) is 8.24. The fraction of sp³-hybridized carbons (Fsp3) is 0.360. The van der Waals surface area contributed by atoms with Crippen molar-refractivity contribution in [2.75, 3.05) is 23.4 Å². The zero-order chi connectivity index (χ0) is 24.7. The second-order valence-corrected chi connectivity index (χ2v) is 8.67. The number of oxazole rings is 1. The third kappa shape index (κ3) is 6.57. The number of benzene rings is 1. The second kappa shape index (κ2) is 11.3. The van der Waals surface area contributed by atoms with Crippen LogP contribution < -0.4 is 10.2 Å². The van der Waals surface area contributed by atoms with Crippen LogP contribution in [0.15, 0.2) is 53.3 Å². The van der Waals surface area contributed by atoms with Gasteiger partial charge in [0.15, 0.2) is 5.76 Å². The number of carbonyl (C=O) groups excluding carboxylic acids is 2. The van der Waals surface area contributed by atoms with E-state index in [9.17, 15) is 9.59 Å². The molecule has 0 spiro atoms. The van der Waals surface area contributed by atoms with Crippen molar-refractivity contribution in [1.29, 1.82) is 0 Å². The maximum Gasteiger partial charge on any atom is 0.422 e. The highest BCUT2D eigenvalue weighted by Gasteiger charge is 2.27. The van der Waals surface area contributed by atoms with Gasteiger partial charge >= 0.3 is 18.2 Å². The predicted molar refractivity (Wildman–Crippen MR) is 129 cm³/mol. The topological polar surface area (TPSA) is 107 Å². The molecule has 0 unspecified atom stereocenters. The molecule has 180 valence electrons. The first-order chi connectivity index (χ1) is 16.2. The highest BCUT2D eigenvalue weighted by molar-refractivity contribution is 5.96. The minimum Gasteiger partial charge on any atom is -0.449 e. The number of hydrogen-bond acceptors (Lipinski definition) is 7. The minimum atomic E-state index is -0.643. The highest BCUT2D eigenvalue weighted by atomic mass is 16.6. The SMILES string of the molecule is Cc1ccc(NC(=O)OCC(C)C)cc1N(C(=O)OCC(C)C)c1ncc(-c2cccnc2)o1. The summed E-state index contributed by atoms with van der Waals surface area (Å²) in [6, 6.07) is 8.80. The molecule has 0 aliphatic heterocycles. The van der Waals surface area contributed by atoms with Gasteiger partial charge < -0.3 is 13.9 Å². The molecule has 2 aromatic heterocycles. The average molecular weight is 467 g/mol. The molecule has 0 aliphatic rings. The van der Waals surface area contributed by atoms with Crippen molar-refractivity contribution in [1.82, 2.24) is 9.97 Å². The summed E-state index contributed by atoms with van der Waals surface area (Å²) < 4.78 is 16.6. The van der Waals surface area contributed by atoms with Gasteiger partial charge in [-0.05, 0) is 48.6 Å². The van der Waals surface area contributed by atoms with Gasteiger partial charge in [0, 0.05) is 23.6 Å². The van der Waals surface area contributed by atoms with Crippen LogP contribution in [0.4, 0.5) is 27.0 Å². The largest absolute Gasteiger partial charge is 0.449 e. The van der Waals surface area contributed by atoms with E-state index in [4.69, 9.17) is 13.9 Å². The van der Waals surface area contributed by atoms with Crippen LogP contribution in [0.1, 0.15) is 33.3 Å². The molecule has 0 atom stereocenters. The van der Waals surface area contributed by atoms with Crippen LogP contribution in [0.2, 0.25) is 0 Å². The first kappa shape index (κ1) is 24.8. The summed E-state index contributed by atoms with van der Waals surface area (Å²) in [7, 11) is 0. The Bertz CT molecular complexity index is 1110. The molecule has 2 amide bonds. The van der Waals surface area contributed by atoms with Crippen LogP contribution in [0, 0.1) is 18.8 Å². The molecule has 0 radical (unpaired) electrons. The monoisotopic (exact) mass is 466 g/mol. The van der Waals surface area contributed by atoms with Gasteiger partial charge in [-0.2, -0.15) is 4.90 Å². The number of aryl methyl sites for hydroxylation is 1. The molecule has 0 saturated carbocycles. The Morgan fingerprint density at radius 3 is 2.47 bits per heavy atom. The van der Waals surface area contributed by atoms with Gasteiger partial charge in [0.25, 0.3) is 0 Å². The van der Waals surface area contributed by atoms with E-state index >= 15 is 0 Å². The summed E-state index contributed by atoms with van der Waals surface area (Å²) in [5.41, 5.74) is 2.38. The molecule has 0 aliphatic carbocycles. The molecule has 0 saturated heterocycles. The maximum absolute atomic E-state index is 13.1. The number of nitrogens with zero attached hydrogens (tertiary/aromatic N) is 3. The van der Waals surface area contributed by atoms with Crippen molar-refractivity contribution in [3.63, 3.8) is 0 Å². The number of aromatic nitrogens is 2. The number of carbonyl (C=O) groups is 2. The molecule has 2 heterocycles. The Balaban J connectivity index is 1.94. The number of nitrogens with one attached hydrogen (secondary N) is 1. The predicted octanol–water partition coefficient (Wildman–Crippen LogP) is 6.18. The number of hydrogen-bond donors (Lipinski definition) is 1. The summed E-state index contributed by atoms with van der Waals surface area (Å²) in [6.45, 7) is 10.2. The van der Waals surface area contributed by atoms with E-state index in [1.165, 1.54) is 11.1 Å². The molecule has 34 heavy (non-hydrogen) atoms. The lowest BCUT2D eigenvalue weighted by molar-refractivity contribution is 0.141. The molecule has 0 bridgehead atoms. The van der Waals surface area contributed by atoms with Crippen molar-refractivity contribution >= 4 is 29.6 Å². The third-order valence-electron chi connectivity index (χ3n) is 4.60. The Morgan fingerprint density at radius 2 is 1.79 bits per heavy atom. The van der Waals surface area contributed by atoms with Crippen LogP contribution in [0.25, 0.3) is 11.3 Å². The molecule has 1 aromatic carbocycles. The fourth-order valence-electron chi connectivity index (χ4n) is 2.92. The molecule has 9 nitrogen and oxygen atoms in total. The first-order valence-corrected chi connectivity index (χ1v) is 11.1. The van der Waals surface area contributed by atoms with Crippen molar-refractivity contribution in [2.24, 2.45) is 11.8 Å². The normalized spacial score (nSPS) is 10.9. The van der Waals surface area contributed by atoms with Crippen LogP contribution in [-0.2, 0) is 9.47 Å². The highest BCUT2D eigenvalue weighted by Crippen LogP contribution is 2.33. The Labute approximate surface area is 199 Å². The second-order valence-electron chi connectivity index (χ2n) is 8.67. The van der Waals surface area contributed by atoms with E-state index in [2.05, 4.69) is 15.3 Å². The quantitative estimate of drug-likeness (QED) is 0.422. The van der Waals surface area contributed by atoms with Gasteiger partial charge in [-0.3, -0.25) is 10.3 Å². The number of ether oxygens (including phenoxy) is 2. The van der Waals surface area contributed by atoms with E-state index in [-0.39, 0.29) is 24.5 Å². The van der Waals surface area contributed by atoms with E-state index in [1.807, 2.05) is 40.7 Å². The lowest BCUT2D eigenvalue weighted by Gasteiger charge is -2.22. The van der Waals surface area contributed by atoms with E-state index in [1.54, 1.807) is 36.7 Å². The summed E-state index contributed by atoms with van der Waals surface area (Å²) in [5.74, 6) is 0.810. The number of anilines is 3. The van der Waals surface area contributed by atoms with Gasteiger partial charge in [-0.15, -0.1) is 0 Å². The number of rotatable bonds is 8. The van der Waals surface area contributed by atoms with Gasteiger partial charge in [0.1, 0.15) is 0 Å². The van der Waals surface area contributed by atoms with Crippen molar-refractivity contribution in [2.45, 2.75) is 34.6 Å². The van der Waals surface area contributed by atoms with Crippen molar-refractivity contribution in [3.05, 3.63) is 54.5 Å². The third-order valence-corrected chi connectivity index (χ3v) is 4.60. The smallest absolute Gasteiger partial charge is 0.422 e. The Hall–Kier alpha value is -3.88. The fourth-order valence-corrected chi connectivity index (χ4v) is 2.92. The summed E-state index contributed by atoms with van der Waals surface area (Å²) in [4.78, 5) is 34.9. The zero-order valence-corrected chi connectivity index (χ0v) is 20.1. The molecule has 1 N–H and O–H groups in total. The zero-order valence-electron chi connectivity index (χ0n) is 20.1. The summed E-state index contributed by atoms with van der Waals surface area (Å²) in [5, 5.41) is 2.69. The lowest BCUT2D eigenvalue weighted by Crippen LogP contribution is -2.29. The first-order valence-electron chi connectivity index (χ1n) is 11.1. The van der Waals surface area contributed by atoms with E-state index in [0.717, 1.165) is 11.1 Å². The standard InChI is InChI=1S/C25H30N4O5/c1-16(2)14-32-24(30)28-20-9-8-18(5)21(11-20)29(25(31)33-15-17(3)4)23-27-13-22(34-23)19-7-6-10-26-12-19/h6-13,16-17H,14-15H2,1-5H3,(H,28,30). The van der Waals surface area contributed by atoms with Crippen molar-refractivity contribution < 1.29 is 23.5 Å². The number of amides is 2. The molecule has 0 fully saturated rings. The van der Waals surface area contributed by atoms with Gasteiger partial charge in [-0.1, -0.05) is 33.8 Å².